The van der Waals surface area contributed by atoms with Gasteiger partial charge < -0.3 is 10.1 Å². The third kappa shape index (κ3) is 3.26. The first-order valence-corrected chi connectivity index (χ1v) is 11.6. The first-order chi connectivity index (χ1) is 14.8. The minimum atomic E-state index is -3.80. The number of hydrogen-bond donors (Lipinski definition) is 1. The molecule has 1 spiro atoms. The number of rotatable bonds is 5. The van der Waals surface area contributed by atoms with Crippen LogP contribution in [-0.4, -0.2) is 50.6 Å². The maximum absolute atomic E-state index is 13.6. The Morgan fingerprint density at radius 1 is 1.19 bits per heavy atom. The number of carbonyl (C=O) groups is 2. The zero-order chi connectivity index (χ0) is 22.2. The molecular weight excluding hydrogens is 416 g/mol. The van der Waals surface area contributed by atoms with Crippen molar-refractivity contribution < 1.29 is 22.7 Å². The highest BCUT2D eigenvalue weighted by Gasteiger charge is 2.63. The molecule has 162 valence electrons. The number of benzene rings is 2. The third-order valence-corrected chi connectivity index (χ3v) is 8.24. The number of nitrogens with zero attached hydrogens (tertiary/aromatic N) is 1. The Kier molecular flexibility index (Phi) is 5.45. The van der Waals surface area contributed by atoms with Crippen molar-refractivity contribution in [3.05, 3.63) is 72.3 Å². The van der Waals surface area contributed by atoms with E-state index in [-0.39, 0.29) is 24.0 Å². The van der Waals surface area contributed by atoms with Gasteiger partial charge in [-0.15, -0.1) is 0 Å². The van der Waals surface area contributed by atoms with E-state index >= 15 is 0 Å². The molecule has 2 aromatic rings. The number of likely N-dealkylation sites (N-methyl/N-ethyl adjacent to an activating group) is 1. The summed E-state index contributed by atoms with van der Waals surface area (Å²) in [6, 6.07) is 15.4. The molecule has 0 aromatic heterocycles. The number of sulfone groups is 1. The van der Waals surface area contributed by atoms with Crippen molar-refractivity contribution in [2.45, 2.75) is 22.6 Å². The molecule has 1 amide bonds. The molecule has 0 saturated carbocycles. The number of fused-ring (bicyclic) bond motifs is 2. The van der Waals surface area contributed by atoms with Gasteiger partial charge in [0.1, 0.15) is 5.54 Å². The first kappa shape index (κ1) is 21.3. The maximum atomic E-state index is 13.6. The van der Waals surface area contributed by atoms with Crippen LogP contribution < -0.4 is 5.32 Å². The zero-order valence-electron chi connectivity index (χ0n) is 17.3. The van der Waals surface area contributed by atoms with Gasteiger partial charge in [-0.2, -0.15) is 0 Å². The molecule has 1 saturated heterocycles. The summed E-state index contributed by atoms with van der Waals surface area (Å²) in [4.78, 5) is 27.4. The highest BCUT2D eigenvalue weighted by atomic mass is 32.2. The van der Waals surface area contributed by atoms with Gasteiger partial charge in [0, 0.05) is 29.8 Å². The van der Waals surface area contributed by atoms with Crippen LogP contribution in [0.15, 0.2) is 71.6 Å². The fourth-order valence-corrected chi connectivity index (χ4v) is 6.72. The van der Waals surface area contributed by atoms with E-state index in [1.165, 1.54) is 12.2 Å². The third-order valence-electron chi connectivity index (χ3n) is 6.07. The summed E-state index contributed by atoms with van der Waals surface area (Å²) < 4.78 is 32.2. The lowest BCUT2D eigenvalue weighted by Gasteiger charge is -2.34. The second-order valence-corrected chi connectivity index (χ2v) is 9.85. The number of nitrogens with one attached hydrogen (secondary N) is 1. The van der Waals surface area contributed by atoms with E-state index in [9.17, 15) is 18.0 Å². The van der Waals surface area contributed by atoms with E-state index in [0.717, 1.165) is 0 Å². The van der Waals surface area contributed by atoms with Crippen molar-refractivity contribution in [3.63, 3.8) is 0 Å². The van der Waals surface area contributed by atoms with Crippen LogP contribution in [0, 0.1) is 5.92 Å². The molecule has 4 rings (SSSR count). The van der Waals surface area contributed by atoms with Crippen LogP contribution in [-0.2, 0) is 29.7 Å². The SMILES string of the molecule is CCOC(=O)/C=C/[C@@H]1[C@@H](S(=O)(=O)c2ccccc2)CN(C)[C@]12C(=O)Nc1ccccc12. The summed E-state index contributed by atoms with van der Waals surface area (Å²) in [5, 5.41) is 1.96. The maximum Gasteiger partial charge on any atom is 0.330 e. The molecule has 2 aliphatic rings. The molecule has 1 fully saturated rings. The summed E-state index contributed by atoms with van der Waals surface area (Å²) in [6.07, 6.45) is 2.76. The Hall–Kier alpha value is -2.97. The molecule has 2 heterocycles. The van der Waals surface area contributed by atoms with Crippen LogP contribution in [0.5, 0.6) is 0 Å². The topological polar surface area (TPSA) is 92.8 Å². The van der Waals surface area contributed by atoms with Gasteiger partial charge in [0.2, 0.25) is 5.91 Å². The summed E-state index contributed by atoms with van der Waals surface area (Å²) >= 11 is 0. The van der Waals surface area contributed by atoms with Crippen molar-refractivity contribution in [3.8, 4) is 0 Å². The quantitative estimate of drug-likeness (QED) is 0.567. The van der Waals surface area contributed by atoms with Crippen LogP contribution in [0.2, 0.25) is 0 Å². The Bertz CT molecular complexity index is 1150. The van der Waals surface area contributed by atoms with Gasteiger partial charge in [-0.1, -0.05) is 42.5 Å². The molecule has 7 nitrogen and oxygen atoms in total. The molecule has 8 heteroatoms. The van der Waals surface area contributed by atoms with E-state index in [0.29, 0.717) is 11.3 Å². The summed E-state index contributed by atoms with van der Waals surface area (Å²) in [7, 11) is -2.05. The number of anilines is 1. The van der Waals surface area contributed by atoms with E-state index in [2.05, 4.69) is 5.32 Å². The fraction of sp³-hybridized carbons (Fsp3) is 0.304. The van der Waals surface area contributed by atoms with Crippen LogP contribution in [0.4, 0.5) is 5.69 Å². The Balaban J connectivity index is 1.88. The second kappa shape index (κ2) is 7.94. The summed E-state index contributed by atoms with van der Waals surface area (Å²) in [5.74, 6) is -1.68. The van der Waals surface area contributed by atoms with Gasteiger partial charge in [0.25, 0.3) is 0 Å². The molecular formula is C23H24N2O5S. The van der Waals surface area contributed by atoms with Gasteiger partial charge in [0.05, 0.1) is 16.8 Å². The van der Waals surface area contributed by atoms with E-state index < -0.39 is 32.5 Å². The normalized spacial score (nSPS) is 25.7. The standard InChI is InChI=1S/C23H24N2O5S/c1-3-30-21(26)14-13-18-20(31(28,29)16-9-5-4-6-10-16)15-25(2)23(18)17-11-7-8-12-19(17)24-22(23)27/h4-14,18,20H,3,15H2,1-2H3,(H,24,27)/b14-13+/t18-,20+,23+/m1/s1. The lowest BCUT2D eigenvalue weighted by molar-refractivity contribution is -0.137. The first-order valence-electron chi connectivity index (χ1n) is 10.1. The number of amides is 1. The van der Waals surface area contributed by atoms with Crippen LogP contribution in [0.3, 0.4) is 0 Å². The monoisotopic (exact) mass is 440 g/mol. The summed E-state index contributed by atoms with van der Waals surface area (Å²) in [5.41, 5.74) is 0.102. The van der Waals surface area contributed by atoms with Gasteiger partial charge >= 0.3 is 5.97 Å². The molecule has 0 aliphatic carbocycles. The highest BCUT2D eigenvalue weighted by Crippen LogP contribution is 2.52. The van der Waals surface area contributed by atoms with Crippen molar-refractivity contribution in [2.24, 2.45) is 5.92 Å². The minimum Gasteiger partial charge on any atom is -0.463 e. The Morgan fingerprint density at radius 3 is 2.58 bits per heavy atom. The fourth-order valence-electron chi connectivity index (χ4n) is 4.74. The molecule has 31 heavy (non-hydrogen) atoms. The van der Waals surface area contributed by atoms with Crippen LogP contribution in [0.25, 0.3) is 0 Å². The van der Waals surface area contributed by atoms with Crippen molar-refractivity contribution in [1.82, 2.24) is 4.90 Å². The van der Waals surface area contributed by atoms with Gasteiger partial charge in [-0.3, -0.25) is 9.69 Å². The highest BCUT2D eigenvalue weighted by molar-refractivity contribution is 7.92. The molecule has 0 bridgehead atoms. The van der Waals surface area contributed by atoms with Gasteiger partial charge in [-0.25, -0.2) is 13.2 Å². The minimum absolute atomic E-state index is 0.136. The zero-order valence-corrected chi connectivity index (χ0v) is 18.1. The average molecular weight is 441 g/mol. The number of likely N-dealkylation sites (tertiary alicyclic amines) is 1. The Labute approximate surface area is 181 Å². The summed E-state index contributed by atoms with van der Waals surface area (Å²) in [6.45, 7) is 2.03. The molecule has 3 atom stereocenters. The van der Waals surface area contributed by atoms with Crippen LogP contribution in [0.1, 0.15) is 12.5 Å². The van der Waals surface area contributed by atoms with Crippen molar-refractivity contribution in [1.29, 1.82) is 0 Å². The van der Waals surface area contributed by atoms with Gasteiger partial charge in [-0.05, 0) is 32.2 Å². The predicted octanol–water partition coefficient (Wildman–Crippen LogP) is 2.36. The Morgan fingerprint density at radius 2 is 1.87 bits per heavy atom. The second-order valence-electron chi connectivity index (χ2n) is 7.68. The largest absolute Gasteiger partial charge is 0.463 e. The van der Waals surface area contributed by atoms with Crippen molar-refractivity contribution >= 4 is 27.4 Å². The predicted molar refractivity (Wildman–Crippen MR) is 116 cm³/mol. The van der Waals surface area contributed by atoms with E-state index in [1.807, 2.05) is 18.2 Å². The lowest BCUT2D eigenvalue weighted by atomic mass is 9.79. The number of ether oxygens (including phenoxy) is 1. The number of esters is 1. The molecule has 2 aromatic carbocycles. The molecule has 0 unspecified atom stereocenters. The average Bonchev–Trinajstić information content (AvgIpc) is 3.23. The smallest absolute Gasteiger partial charge is 0.330 e. The van der Waals surface area contributed by atoms with Crippen molar-refractivity contribution in [2.75, 3.05) is 25.5 Å². The number of carbonyl (C=O) groups excluding carboxylic acids is 2. The van der Waals surface area contributed by atoms with Crippen LogP contribution >= 0.6 is 0 Å². The van der Waals surface area contributed by atoms with E-state index in [1.54, 1.807) is 55.3 Å². The number of para-hydroxylation sites is 1. The van der Waals surface area contributed by atoms with Gasteiger partial charge in [0.15, 0.2) is 9.84 Å². The molecule has 1 N–H and O–H groups in total. The molecule has 0 radical (unpaired) electrons. The molecule has 2 aliphatic heterocycles. The number of hydrogen-bond acceptors (Lipinski definition) is 6. The van der Waals surface area contributed by atoms with E-state index in [4.69, 9.17) is 4.74 Å². The lowest BCUT2D eigenvalue weighted by Crippen LogP contribution is -2.49.